The van der Waals surface area contributed by atoms with E-state index in [1.165, 1.54) is 10.8 Å². The van der Waals surface area contributed by atoms with Crippen molar-refractivity contribution in [2.45, 2.75) is 12.0 Å². The van der Waals surface area contributed by atoms with Crippen LogP contribution in [0.15, 0.2) is 168 Å². The Morgan fingerprint density at radius 1 is 0.462 bits per heavy atom. The topological polar surface area (TPSA) is 61.0 Å². The number of fused-ring (bicyclic) bond motifs is 8. The summed E-state index contributed by atoms with van der Waals surface area (Å²) in [7, 11) is 0. The van der Waals surface area contributed by atoms with E-state index in [0.717, 1.165) is 71.8 Å². The summed E-state index contributed by atoms with van der Waals surface area (Å²) in [6.07, 6.45) is 8.42. The summed E-state index contributed by atoms with van der Waals surface area (Å²) in [5.41, 5.74) is 7.61. The second kappa shape index (κ2) is 11.3. The van der Waals surface area contributed by atoms with E-state index >= 15 is 0 Å². The normalized spacial score (nSPS) is 16.1. The van der Waals surface area contributed by atoms with Gasteiger partial charge in [0.05, 0.1) is 0 Å². The zero-order valence-corrected chi connectivity index (χ0v) is 27.9. The highest BCUT2D eigenvalue weighted by Gasteiger charge is 2.36. The molecule has 2 aromatic heterocycles. The number of para-hydroxylation sites is 1. The molecular weight excluding hydrogens is 639 g/mol. The lowest BCUT2D eigenvalue weighted by Crippen LogP contribution is -2.16. The van der Waals surface area contributed by atoms with E-state index in [0.29, 0.717) is 17.5 Å². The summed E-state index contributed by atoms with van der Waals surface area (Å²) < 4.78 is 13.0. The Balaban J connectivity index is 1.19. The maximum Gasteiger partial charge on any atom is 0.164 e. The maximum atomic E-state index is 6.67. The van der Waals surface area contributed by atoms with Crippen molar-refractivity contribution in [3.05, 3.63) is 169 Å². The molecule has 3 heterocycles. The number of nitrogens with zero attached hydrogens (tertiary/aromatic N) is 3. The van der Waals surface area contributed by atoms with Gasteiger partial charge < -0.3 is 9.15 Å². The first-order valence-corrected chi connectivity index (χ1v) is 17.6. The molecule has 2 atom stereocenters. The third-order valence-electron chi connectivity index (χ3n) is 10.4. The van der Waals surface area contributed by atoms with E-state index in [4.69, 9.17) is 24.1 Å². The van der Waals surface area contributed by atoms with Crippen LogP contribution in [0.1, 0.15) is 11.5 Å². The van der Waals surface area contributed by atoms with E-state index in [9.17, 15) is 0 Å². The second-order valence-corrected chi connectivity index (χ2v) is 13.5. The molecule has 7 aromatic carbocycles. The number of hydrogen-bond donors (Lipinski definition) is 0. The van der Waals surface area contributed by atoms with Gasteiger partial charge in [0.1, 0.15) is 23.0 Å². The van der Waals surface area contributed by atoms with Crippen LogP contribution in [0.5, 0.6) is 5.75 Å². The lowest BCUT2D eigenvalue weighted by atomic mass is 9.86. The molecule has 2 unspecified atom stereocenters. The van der Waals surface area contributed by atoms with Gasteiger partial charge in [-0.15, -0.1) is 0 Å². The van der Waals surface area contributed by atoms with Gasteiger partial charge in [0.25, 0.3) is 0 Å². The molecule has 0 spiro atoms. The molecule has 0 saturated heterocycles. The minimum Gasteiger partial charge on any atom is -0.485 e. The van der Waals surface area contributed by atoms with Gasteiger partial charge >= 0.3 is 0 Å². The van der Waals surface area contributed by atoms with E-state index in [1.54, 1.807) is 0 Å². The van der Waals surface area contributed by atoms with Crippen LogP contribution in [0.4, 0.5) is 0 Å². The quantitative estimate of drug-likeness (QED) is 0.187. The fraction of sp³-hybridized carbons (Fsp3) is 0.0426. The molecule has 0 fully saturated rings. The molecule has 5 nitrogen and oxygen atoms in total. The highest BCUT2D eigenvalue weighted by Crippen LogP contribution is 2.48. The summed E-state index contributed by atoms with van der Waals surface area (Å²) in [5.74, 6) is 2.68. The molecule has 9 aromatic rings. The van der Waals surface area contributed by atoms with Crippen LogP contribution in [0.2, 0.25) is 0 Å². The Kier molecular flexibility index (Phi) is 6.31. The fourth-order valence-corrected chi connectivity index (χ4v) is 7.93. The number of rotatable bonds is 4. The molecule has 1 aliphatic carbocycles. The van der Waals surface area contributed by atoms with Crippen LogP contribution in [0, 0.1) is 0 Å². The highest BCUT2D eigenvalue weighted by molar-refractivity contribution is 6.11. The average molecular weight is 668 g/mol. The summed E-state index contributed by atoms with van der Waals surface area (Å²) >= 11 is 0. The Labute approximate surface area is 299 Å². The predicted molar refractivity (Wildman–Crippen MR) is 209 cm³/mol. The zero-order valence-electron chi connectivity index (χ0n) is 27.9. The van der Waals surface area contributed by atoms with Gasteiger partial charge in [-0.05, 0) is 75.1 Å². The van der Waals surface area contributed by atoms with Crippen LogP contribution >= 0.6 is 0 Å². The Bertz CT molecular complexity index is 2970. The smallest absolute Gasteiger partial charge is 0.164 e. The SMILES string of the molecule is C1=CC2Oc3cc(-c4ccc5ccccc5c4)cc(-c4nc(-c5ccc6ccccc6c5)nc(-c5cccc6oc7ccccc7c56)n4)c3C2C=C1. The van der Waals surface area contributed by atoms with Crippen molar-refractivity contribution < 1.29 is 9.15 Å². The number of ether oxygens (including phenoxy) is 1. The molecule has 11 rings (SSSR count). The van der Waals surface area contributed by atoms with Crippen molar-refractivity contribution in [3.63, 3.8) is 0 Å². The van der Waals surface area contributed by atoms with Crippen molar-refractivity contribution in [3.8, 4) is 51.0 Å². The average Bonchev–Trinajstić information content (AvgIpc) is 3.78. The maximum absolute atomic E-state index is 6.67. The zero-order chi connectivity index (χ0) is 34.2. The number of furan rings is 1. The van der Waals surface area contributed by atoms with Crippen LogP contribution < -0.4 is 4.74 Å². The third-order valence-corrected chi connectivity index (χ3v) is 10.4. The van der Waals surface area contributed by atoms with E-state index < -0.39 is 0 Å². The Morgan fingerprint density at radius 3 is 1.94 bits per heavy atom. The first-order chi connectivity index (χ1) is 25.7. The van der Waals surface area contributed by atoms with Gasteiger partial charge in [0.15, 0.2) is 17.5 Å². The first kappa shape index (κ1) is 28.9. The monoisotopic (exact) mass is 667 g/mol. The number of allylic oxidation sites excluding steroid dienone is 2. The van der Waals surface area contributed by atoms with Crippen molar-refractivity contribution in [1.82, 2.24) is 15.0 Å². The van der Waals surface area contributed by atoms with Gasteiger partial charge in [-0.1, -0.05) is 121 Å². The minimum atomic E-state index is -0.0992. The number of hydrogen-bond acceptors (Lipinski definition) is 5. The molecule has 0 N–H and O–H groups in total. The van der Waals surface area contributed by atoms with Crippen molar-refractivity contribution in [2.24, 2.45) is 0 Å². The van der Waals surface area contributed by atoms with Gasteiger partial charge in [0, 0.05) is 38.9 Å². The molecule has 5 heteroatoms. The highest BCUT2D eigenvalue weighted by atomic mass is 16.5. The van der Waals surface area contributed by atoms with Crippen molar-refractivity contribution in [1.29, 1.82) is 0 Å². The van der Waals surface area contributed by atoms with Gasteiger partial charge in [-0.3, -0.25) is 0 Å². The van der Waals surface area contributed by atoms with E-state index in [1.807, 2.05) is 30.3 Å². The summed E-state index contributed by atoms with van der Waals surface area (Å²) in [5, 5.41) is 6.69. The lowest BCUT2D eigenvalue weighted by Gasteiger charge is -2.17. The third kappa shape index (κ3) is 4.60. The van der Waals surface area contributed by atoms with E-state index in [2.05, 4.69) is 133 Å². The molecule has 52 heavy (non-hydrogen) atoms. The van der Waals surface area contributed by atoms with Gasteiger partial charge in [0.2, 0.25) is 0 Å². The molecule has 2 aliphatic rings. The fourth-order valence-electron chi connectivity index (χ4n) is 7.93. The minimum absolute atomic E-state index is 0.0336. The standard InChI is InChI=1S/C47H29N3O2/c1-3-12-30-24-32(22-20-28(30)10-1)34-26-38(44-36-15-6-8-18-40(36)52-42(44)27-34)47-49-45(33-23-21-29-11-2-4-13-31(29)25-33)48-46(50-47)37-16-9-19-41-43(37)35-14-5-7-17-39(35)51-41/h1-27,36,40H. The molecule has 0 radical (unpaired) electrons. The summed E-state index contributed by atoms with van der Waals surface area (Å²) in [4.78, 5) is 15.8. The number of benzene rings is 7. The Hall–Kier alpha value is -6.85. The van der Waals surface area contributed by atoms with Crippen molar-refractivity contribution >= 4 is 43.5 Å². The van der Waals surface area contributed by atoms with Crippen molar-refractivity contribution in [2.75, 3.05) is 0 Å². The van der Waals surface area contributed by atoms with E-state index in [-0.39, 0.29) is 12.0 Å². The molecule has 0 amide bonds. The Morgan fingerprint density at radius 2 is 1.12 bits per heavy atom. The first-order valence-electron chi connectivity index (χ1n) is 17.6. The predicted octanol–water partition coefficient (Wildman–Crippen LogP) is 11.7. The largest absolute Gasteiger partial charge is 0.485 e. The lowest BCUT2D eigenvalue weighted by molar-refractivity contribution is 0.269. The number of aromatic nitrogens is 3. The summed E-state index contributed by atoms with van der Waals surface area (Å²) in [6, 6.07) is 48.5. The molecule has 244 valence electrons. The summed E-state index contributed by atoms with van der Waals surface area (Å²) in [6.45, 7) is 0. The van der Waals surface area contributed by atoms with Crippen LogP contribution in [0.25, 0.3) is 88.8 Å². The molecule has 0 bridgehead atoms. The van der Waals surface area contributed by atoms with Crippen LogP contribution in [-0.4, -0.2) is 21.1 Å². The molecular formula is C47H29N3O2. The van der Waals surface area contributed by atoms with Crippen LogP contribution in [0.3, 0.4) is 0 Å². The van der Waals surface area contributed by atoms with Gasteiger partial charge in [-0.25, -0.2) is 15.0 Å². The van der Waals surface area contributed by atoms with Crippen LogP contribution in [-0.2, 0) is 0 Å². The molecule has 0 saturated carbocycles. The molecule has 1 aliphatic heterocycles. The second-order valence-electron chi connectivity index (χ2n) is 13.5. The van der Waals surface area contributed by atoms with Gasteiger partial charge in [-0.2, -0.15) is 0 Å².